The van der Waals surface area contributed by atoms with Crippen molar-refractivity contribution in [2.24, 2.45) is 0 Å². The molecular formula is C11H8NO3-. The molecule has 0 atom stereocenters. The van der Waals surface area contributed by atoms with Gasteiger partial charge in [0.05, 0.1) is 5.69 Å². The molecule has 0 unspecified atom stereocenters. The van der Waals surface area contributed by atoms with Crippen molar-refractivity contribution in [2.45, 2.75) is 6.54 Å². The zero-order valence-corrected chi connectivity index (χ0v) is 7.82. The number of anilines is 1. The van der Waals surface area contributed by atoms with Gasteiger partial charge < -0.3 is 10.4 Å². The highest BCUT2D eigenvalue weighted by atomic mass is 16.3. The van der Waals surface area contributed by atoms with Crippen molar-refractivity contribution in [2.75, 3.05) is 5.32 Å². The van der Waals surface area contributed by atoms with Gasteiger partial charge in [-0.05, 0) is 11.3 Å². The first-order chi connectivity index (χ1) is 7.20. The van der Waals surface area contributed by atoms with Crippen LogP contribution in [0.4, 0.5) is 5.69 Å². The fraction of sp³-hybridized carbons (Fsp3) is 0.0909. The van der Waals surface area contributed by atoms with Crippen molar-refractivity contribution in [3.8, 4) is 5.75 Å². The average Bonchev–Trinajstić information content (AvgIpc) is 2.30. The van der Waals surface area contributed by atoms with Crippen LogP contribution in [0.3, 0.4) is 0 Å². The normalized spacial score (nSPS) is 10.4. The van der Waals surface area contributed by atoms with Crippen molar-refractivity contribution in [3.63, 3.8) is 0 Å². The maximum Gasteiger partial charge on any atom is 0.247 e. The molecule has 0 saturated heterocycles. The van der Waals surface area contributed by atoms with E-state index in [0.29, 0.717) is 6.54 Å². The second-order valence-electron chi connectivity index (χ2n) is 3.20. The monoisotopic (exact) mass is 202 g/mol. The summed E-state index contributed by atoms with van der Waals surface area (Å²) in [6.45, 7) is 0.376. The molecule has 15 heavy (non-hydrogen) atoms. The SMILES string of the molecule is O=c1c([O-])c(NCc2ccccc2)c1=O. The van der Waals surface area contributed by atoms with Gasteiger partial charge in [0.15, 0.2) is 0 Å². The third-order valence-corrected chi connectivity index (χ3v) is 2.18. The van der Waals surface area contributed by atoms with Crippen molar-refractivity contribution in [3.05, 3.63) is 56.3 Å². The lowest BCUT2D eigenvalue weighted by Gasteiger charge is -2.15. The Kier molecular flexibility index (Phi) is 2.25. The first kappa shape index (κ1) is 9.45. The van der Waals surface area contributed by atoms with E-state index in [1.165, 1.54) is 0 Å². The molecule has 0 aliphatic carbocycles. The summed E-state index contributed by atoms with van der Waals surface area (Å²) in [5, 5.41) is 13.6. The third kappa shape index (κ3) is 1.61. The summed E-state index contributed by atoms with van der Waals surface area (Å²) in [5.41, 5.74) is -0.782. The molecule has 0 spiro atoms. The van der Waals surface area contributed by atoms with Gasteiger partial charge in [-0.2, -0.15) is 0 Å². The molecule has 0 amide bonds. The van der Waals surface area contributed by atoms with E-state index in [2.05, 4.69) is 5.32 Å². The highest BCUT2D eigenvalue weighted by molar-refractivity contribution is 5.60. The zero-order valence-electron chi connectivity index (χ0n) is 7.82. The summed E-state index contributed by atoms with van der Waals surface area (Å²) < 4.78 is 0. The van der Waals surface area contributed by atoms with Crippen LogP contribution in [0.2, 0.25) is 0 Å². The van der Waals surface area contributed by atoms with Crippen LogP contribution < -0.4 is 21.3 Å². The predicted octanol–water partition coefficient (Wildman–Crippen LogP) is -0.0317. The molecule has 4 nitrogen and oxygen atoms in total. The molecule has 4 heteroatoms. The van der Waals surface area contributed by atoms with Crippen molar-refractivity contribution in [1.29, 1.82) is 0 Å². The summed E-state index contributed by atoms with van der Waals surface area (Å²) in [5.74, 6) is -0.712. The molecule has 0 fully saturated rings. The van der Waals surface area contributed by atoms with Gasteiger partial charge in [0.1, 0.15) is 0 Å². The second-order valence-corrected chi connectivity index (χ2v) is 3.20. The van der Waals surface area contributed by atoms with Gasteiger partial charge in [-0.3, -0.25) is 9.59 Å². The van der Waals surface area contributed by atoms with Crippen LogP contribution in [0, 0.1) is 0 Å². The van der Waals surface area contributed by atoms with Crippen molar-refractivity contribution < 1.29 is 5.11 Å². The predicted molar refractivity (Wildman–Crippen MR) is 54.6 cm³/mol. The summed E-state index contributed by atoms with van der Waals surface area (Å²) in [6.07, 6.45) is 0. The van der Waals surface area contributed by atoms with Crippen LogP contribution in [-0.4, -0.2) is 0 Å². The average molecular weight is 202 g/mol. The molecular weight excluding hydrogens is 194 g/mol. The minimum absolute atomic E-state index is 0.0937. The maximum absolute atomic E-state index is 10.9. The van der Waals surface area contributed by atoms with E-state index in [1.54, 1.807) is 0 Å². The smallest absolute Gasteiger partial charge is 0.247 e. The maximum atomic E-state index is 10.9. The Morgan fingerprint density at radius 1 is 1.07 bits per heavy atom. The molecule has 0 aliphatic heterocycles. The standard InChI is InChI=1S/C11H9NO3/c13-9-8(10(14)11(9)15)12-6-7-4-2-1-3-5-7/h1-5,12-13H,6H2/p-1. The summed E-state index contributed by atoms with van der Waals surface area (Å²) in [6, 6.07) is 9.32. The second kappa shape index (κ2) is 3.57. The zero-order chi connectivity index (χ0) is 10.8. The molecule has 2 aromatic rings. The van der Waals surface area contributed by atoms with Gasteiger partial charge in [0.25, 0.3) is 0 Å². The number of nitrogens with one attached hydrogen (secondary N) is 1. The molecule has 0 aliphatic rings. The fourth-order valence-electron chi connectivity index (χ4n) is 1.32. The minimum atomic E-state index is -0.925. The lowest BCUT2D eigenvalue weighted by molar-refractivity contribution is -0.270. The Morgan fingerprint density at radius 3 is 2.33 bits per heavy atom. The summed E-state index contributed by atoms with van der Waals surface area (Å²) in [4.78, 5) is 21.5. The fourth-order valence-corrected chi connectivity index (χ4v) is 1.32. The lowest BCUT2D eigenvalue weighted by Crippen LogP contribution is -2.37. The van der Waals surface area contributed by atoms with Crippen molar-refractivity contribution >= 4 is 5.69 Å². The van der Waals surface area contributed by atoms with Gasteiger partial charge in [0, 0.05) is 6.54 Å². The Balaban J connectivity index is 2.07. The van der Waals surface area contributed by atoms with E-state index >= 15 is 0 Å². The Bertz CT molecular complexity index is 538. The van der Waals surface area contributed by atoms with E-state index < -0.39 is 16.6 Å². The summed E-state index contributed by atoms with van der Waals surface area (Å²) in [7, 11) is 0. The van der Waals surface area contributed by atoms with E-state index in [1.807, 2.05) is 30.3 Å². The van der Waals surface area contributed by atoms with Crippen LogP contribution in [0.5, 0.6) is 5.75 Å². The largest absolute Gasteiger partial charge is 0.868 e. The van der Waals surface area contributed by atoms with E-state index in [0.717, 1.165) is 5.56 Å². The number of benzene rings is 1. The van der Waals surface area contributed by atoms with Gasteiger partial charge >= 0.3 is 0 Å². The third-order valence-electron chi connectivity index (χ3n) is 2.18. The first-order valence-corrected chi connectivity index (χ1v) is 4.48. The van der Waals surface area contributed by atoms with Crippen LogP contribution >= 0.6 is 0 Å². The minimum Gasteiger partial charge on any atom is -0.868 e. The lowest BCUT2D eigenvalue weighted by atomic mass is 10.2. The van der Waals surface area contributed by atoms with E-state index in [9.17, 15) is 14.7 Å². The Hall–Kier alpha value is -2.10. The molecule has 0 heterocycles. The number of hydrogen-bond donors (Lipinski definition) is 1. The molecule has 1 N–H and O–H groups in total. The molecule has 0 aromatic heterocycles. The molecule has 2 rings (SSSR count). The van der Waals surface area contributed by atoms with Crippen molar-refractivity contribution in [1.82, 2.24) is 0 Å². The van der Waals surface area contributed by atoms with Gasteiger partial charge in [-0.1, -0.05) is 30.3 Å². The topological polar surface area (TPSA) is 69.2 Å². The van der Waals surface area contributed by atoms with Gasteiger partial charge in [-0.15, -0.1) is 0 Å². The van der Waals surface area contributed by atoms with E-state index in [4.69, 9.17) is 0 Å². The summed E-state index contributed by atoms with van der Waals surface area (Å²) >= 11 is 0. The number of hydrogen-bond acceptors (Lipinski definition) is 4. The Morgan fingerprint density at radius 2 is 1.73 bits per heavy atom. The van der Waals surface area contributed by atoms with Crippen LogP contribution in [0.15, 0.2) is 39.9 Å². The molecule has 0 bridgehead atoms. The first-order valence-electron chi connectivity index (χ1n) is 4.48. The van der Waals surface area contributed by atoms with E-state index in [-0.39, 0.29) is 5.69 Å². The quantitative estimate of drug-likeness (QED) is 0.709. The van der Waals surface area contributed by atoms with Gasteiger partial charge in [0.2, 0.25) is 10.9 Å². The molecule has 2 aromatic carbocycles. The highest BCUT2D eigenvalue weighted by Crippen LogP contribution is 2.12. The Labute approximate surface area is 85.5 Å². The molecule has 0 radical (unpaired) electrons. The molecule has 76 valence electrons. The van der Waals surface area contributed by atoms with Crippen LogP contribution in [-0.2, 0) is 6.54 Å². The van der Waals surface area contributed by atoms with Gasteiger partial charge in [-0.25, -0.2) is 0 Å². The molecule has 0 saturated carbocycles. The highest BCUT2D eigenvalue weighted by Gasteiger charge is 2.11. The van der Waals surface area contributed by atoms with Crippen LogP contribution in [0.25, 0.3) is 0 Å². The number of rotatable bonds is 3. The van der Waals surface area contributed by atoms with Crippen LogP contribution in [0.1, 0.15) is 5.56 Å².